The summed E-state index contributed by atoms with van der Waals surface area (Å²) in [6.07, 6.45) is 2.01. The van der Waals surface area contributed by atoms with Gasteiger partial charge in [-0.15, -0.1) is 0 Å². The van der Waals surface area contributed by atoms with Crippen LogP contribution in [0.2, 0.25) is 5.02 Å². The third-order valence-electron chi connectivity index (χ3n) is 3.47. The van der Waals surface area contributed by atoms with Gasteiger partial charge in [0.15, 0.2) is 0 Å². The van der Waals surface area contributed by atoms with Crippen molar-refractivity contribution in [3.05, 3.63) is 62.8 Å². The summed E-state index contributed by atoms with van der Waals surface area (Å²) >= 11 is 9.67. The Kier molecular flexibility index (Phi) is 3.50. The van der Waals surface area contributed by atoms with Gasteiger partial charge in [-0.25, -0.2) is 4.39 Å². The standard InChI is InChI=1S/C15H12BrClFN/c16-12-3-1-2-11-10(12)5-7-14(11)19-15-8-9(18)4-6-13(15)17/h1-4,6,8,14,19H,5,7H2. The molecule has 0 aliphatic heterocycles. The smallest absolute Gasteiger partial charge is 0.125 e. The van der Waals surface area contributed by atoms with Gasteiger partial charge in [0.05, 0.1) is 16.8 Å². The van der Waals surface area contributed by atoms with Crippen molar-refractivity contribution in [1.29, 1.82) is 0 Å². The maximum absolute atomic E-state index is 13.3. The summed E-state index contributed by atoms with van der Waals surface area (Å²) in [5, 5.41) is 3.89. The lowest BCUT2D eigenvalue weighted by atomic mass is 10.1. The maximum Gasteiger partial charge on any atom is 0.125 e. The van der Waals surface area contributed by atoms with E-state index in [9.17, 15) is 4.39 Å². The van der Waals surface area contributed by atoms with Crippen LogP contribution in [0.1, 0.15) is 23.6 Å². The van der Waals surface area contributed by atoms with Gasteiger partial charge >= 0.3 is 0 Å². The SMILES string of the molecule is Fc1ccc(Cl)c(NC2CCc3c(Br)cccc32)c1. The number of fused-ring (bicyclic) bond motifs is 1. The summed E-state index contributed by atoms with van der Waals surface area (Å²) in [5.41, 5.74) is 3.24. The van der Waals surface area contributed by atoms with Gasteiger partial charge in [-0.05, 0) is 48.2 Å². The van der Waals surface area contributed by atoms with Crippen LogP contribution in [0, 0.1) is 5.82 Å². The highest BCUT2D eigenvalue weighted by Crippen LogP contribution is 2.38. The Labute approximate surface area is 124 Å². The Morgan fingerprint density at radius 2 is 2.11 bits per heavy atom. The van der Waals surface area contributed by atoms with Crippen molar-refractivity contribution in [2.75, 3.05) is 5.32 Å². The average molecular weight is 341 g/mol. The minimum atomic E-state index is -0.278. The van der Waals surface area contributed by atoms with Crippen LogP contribution in [-0.2, 0) is 6.42 Å². The number of anilines is 1. The molecular formula is C15H12BrClFN. The molecule has 0 saturated heterocycles. The molecule has 1 aliphatic rings. The zero-order valence-corrected chi connectivity index (χ0v) is 12.4. The topological polar surface area (TPSA) is 12.0 Å². The Hall–Kier alpha value is -1.06. The third-order valence-corrected chi connectivity index (χ3v) is 4.54. The fourth-order valence-electron chi connectivity index (χ4n) is 2.56. The van der Waals surface area contributed by atoms with Crippen LogP contribution >= 0.6 is 27.5 Å². The molecule has 98 valence electrons. The monoisotopic (exact) mass is 339 g/mol. The normalized spacial score (nSPS) is 17.3. The van der Waals surface area contributed by atoms with Crippen molar-refractivity contribution in [3.8, 4) is 0 Å². The molecule has 0 saturated carbocycles. The minimum Gasteiger partial charge on any atom is -0.377 e. The molecular weight excluding hydrogens is 329 g/mol. The van der Waals surface area contributed by atoms with Crippen LogP contribution in [0.4, 0.5) is 10.1 Å². The zero-order chi connectivity index (χ0) is 13.4. The number of benzene rings is 2. The molecule has 0 amide bonds. The number of rotatable bonds is 2. The Bertz CT molecular complexity index is 630. The molecule has 0 radical (unpaired) electrons. The van der Waals surface area contributed by atoms with Crippen LogP contribution in [0.15, 0.2) is 40.9 Å². The van der Waals surface area contributed by atoms with Crippen molar-refractivity contribution < 1.29 is 4.39 Å². The molecule has 1 atom stereocenters. The number of hydrogen-bond acceptors (Lipinski definition) is 1. The van der Waals surface area contributed by atoms with Crippen LogP contribution in [0.5, 0.6) is 0 Å². The van der Waals surface area contributed by atoms with E-state index < -0.39 is 0 Å². The lowest BCUT2D eigenvalue weighted by Gasteiger charge is -2.17. The number of hydrogen-bond donors (Lipinski definition) is 1. The molecule has 0 aromatic heterocycles. The molecule has 1 nitrogen and oxygen atoms in total. The second-order valence-corrected chi connectivity index (χ2v) is 5.93. The first kappa shape index (κ1) is 12.9. The quantitative estimate of drug-likeness (QED) is 0.778. The third kappa shape index (κ3) is 2.49. The van der Waals surface area contributed by atoms with Crippen LogP contribution in [0.25, 0.3) is 0 Å². The van der Waals surface area contributed by atoms with Crippen molar-refractivity contribution in [3.63, 3.8) is 0 Å². The molecule has 1 aliphatic carbocycles. The Balaban J connectivity index is 1.91. The summed E-state index contributed by atoms with van der Waals surface area (Å²) in [7, 11) is 0. The summed E-state index contributed by atoms with van der Waals surface area (Å²) in [6.45, 7) is 0. The number of nitrogens with one attached hydrogen (secondary N) is 1. The maximum atomic E-state index is 13.3. The van der Waals surface area contributed by atoms with E-state index in [1.165, 1.54) is 23.3 Å². The van der Waals surface area contributed by atoms with Gasteiger partial charge in [0, 0.05) is 4.47 Å². The van der Waals surface area contributed by atoms with E-state index >= 15 is 0 Å². The van der Waals surface area contributed by atoms with E-state index in [0.717, 1.165) is 17.3 Å². The summed E-state index contributed by atoms with van der Waals surface area (Å²) in [5.74, 6) is -0.278. The van der Waals surface area contributed by atoms with Crippen molar-refractivity contribution >= 4 is 33.2 Å². The van der Waals surface area contributed by atoms with Crippen LogP contribution in [0.3, 0.4) is 0 Å². The van der Waals surface area contributed by atoms with Crippen LogP contribution < -0.4 is 5.32 Å². The Morgan fingerprint density at radius 3 is 2.95 bits per heavy atom. The van der Waals surface area contributed by atoms with Gasteiger partial charge in [-0.1, -0.05) is 39.7 Å². The van der Waals surface area contributed by atoms with Gasteiger partial charge in [-0.3, -0.25) is 0 Å². The summed E-state index contributed by atoms with van der Waals surface area (Å²) in [4.78, 5) is 0. The molecule has 1 N–H and O–H groups in total. The van der Waals surface area contributed by atoms with Crippen molar-refractivity contribution in [2.24, 2.45) is 0 Å². The highest BCUT2D eigenvalue weighted by atomic mass is 79.9. The number of halogens is 3. The van der Waals surface area contributed by atoms with Crippen LogP contribution in [-0.4, -0.2) is 0 Å². The second kappa shape index (κ2) is 5.14. The molecule has 0 spiro atoms. The first-order valence-corrected chi connectivity index (χ1v) is 7.31. The van der Waals surface area contributed by atoms with Gasteiger partial charge in [0.1, 0.15) is 5.82 Å². The minimum absolute atomic E-state index is 0.187. The molecule has 0 heterocycles. The fourth-order valence-corrected chi connectivity index (χ4v) is 3.31. The summed E-state index contributed by atoms with van der Waals surface area (Å²) < 4.78 is 14.4. The predicted octanol–water partition coefficient (Wildman–Crippen LogP) is 5.34. The molecule has 0 fully saturated rings. The second-order valence-electron chi connectivity index (χ2n) is 4.67. The Morgan fingerprint density at radius 1 is 1.26 bits per heavy atom. The molecule has 1 unspecified atom stereocenters. The zero-order valence-electron chi connectivity index (χ0n) is 10.1. The van der Waals surface area contributed by atoms with Crippen molar-refractivity contribution in [1.82, 2.24) is 0 Å². The molecule has 2 aromatic carbocycles. The average Bonchev–Trinajstić information content (AvgIpc) is 2.79. The summed E-state index contributed by atoms with van der Waals surface area (Å²) in [6, 6.07) is 10.8. The largest absolute Gasteiger partial charge is 0.377 e. The predicted molar refractivity (Wildman–Crippen MR) is 80.2 cm³/mol. The first-order valence-electron chi connectivity index (χ1n) is 6.14. The molecule has 2 aromatic rings. The van der Waals surface area contributed by atoms with E-state index in [-0.39, 0.29) is 11.9 Å². The van der Waals surface area contributed by atoms with Crippen molar-refractivity contribution in [2.45, 2.75) is 18.9 Å². The first-order chi connectivity index (χ1) is 9.15. The molecule has 3 rings (SSSR count). The van der Waals surface area contributed by atoms with E-state index in [4.69, 9.17) is 11.6 Å². The van der Waals surface area contributed by atoms with Gasteiger partial charge in [0.25, 0.3) is 0 Å². The van der Waals surface area contributed by atoms with Gasteiger partial charge in [-0.2, -0.15) is 0 Å². The van der Waals surface area contributed by atoms with E-state index in [0.29, 0.717) is 10.7 Å². The van der Waals surface area contributed by atoms with Gasteiger partial charge < -0.3 is 5.32 Å². The highest BCUT2D eigenvalue weighted by Gasteiger charge is 2.24. The lowest BCUT2D eigenvalue weighted by molar-refractivity contribution is 0.627. The molecule has 0 bridgehead atoms. The molecule has 4 heteroatoms. The fraction of sp³-hybridized carbons (Fsp3) is 0.200. The lowest BCUT2D eigenvalue weighted by Crippen LogP contribution is -2.07. The molecule has 19 heavy (non-hydrogen) atoms. The highest BCUT2D eigenvalue weighted by molar-refractivity contribution is 9.10. The van der Waals surface area contributed by atoms with E-state index in [1.54, 1.807) is 6.07 Å². The van der Waals surface area contributed by atoms with E-state index in [1.807, 2.05) is 6.07 Å². The van der Waals surface area contributed by atoms with Gasteiger partial charge in [0.2, 0.25) is 0 Å². The van der Waals surface area contributed by atoms with E-state index in [2.05, 4.69) is 33.4 Å².